The van der Waals surface area contributed by atoms with E-state index in [-0.39, 0.29) is 57.0 Å². The first-order valence-corrected chi connectivity index (χ1v) is 11.5. The van der Waals surface area contributed by atoms with E-state index in [1.807, 2.05) is 0 Å². The second-order valence-corrected chi connectivity index (χ2v) is 10.0. The van der Waals surface area contributed by atoms with Crippen LogP contribution in [0.25, 0.3) is 0 Å². The van der Waals surface area contributed by atoms with Crippen LogP contribution in [-0.4, -0.2) is 50.0 Å². The van der Waals surface area contributed by atoms with Gasteiger partial charge in [-0.15, -0.1) is 0 Å². The summed E-state index contributed by atoms with van der Waals surface area (Å²) in [7, 11) is 1.36. The van der Waals surface area contributed by atoms with Crippen molar-refractivity contribution in [3.8, 4) is 5.75 Å². The van der Waals surface area contributed by atoms with E-state index in [1.54, 1.807) is 16.7 Å². The van der Waals surface area contributed by atoms with Crippen molar-refractivity contribution in [2.75, 3.05) is 24.5 Å². The smallest absolute Gasteiger partial charge is 0.261 e. The van der Waals surface area contributed by atoms with Gasteiger partial charge in [0.1, 0.15) is 5.82 Å². The average molecular weight is 482 g/mol. The molecular weight excluding hydrogens is 466 g/mol. The van der Waals surface area contributed by atoms with Crippen LogP contribution >= 0.6 is 33.9 Å². The van der Waals surface area contributed by atoms with Crippen LogP contribution in [0.5, 0.6) is 5.75 Å². The van der Waals surface area contributed by atoms with Crippen LogP contribution in [-0.2, 0) is 9.05 Å². The molecule has 1 atom stereocenters. The van der Waals surface area contributed by atoms with Crippen LogP contribution in [0.1, 0.15) is 17.3 Å². The van der Waals surface area contributed by atoms with Crippen LogP contribution in [0, 0.1) is 5.82 Å². The summed E-state index contributed by atoms with van der Waals surface area (Å²) in [6.07, 6.45) is 0. The third-order valence-corrected chi connectivity index (χ3v) is 6.62. The van der Waals surface area contributed by atoms with Gasteiger partial charge in [0.25, 0.3) is 15.0 Å². The maximum atomic E-state index is 13.2. The number of benzene rings is 2. The Kier molecular flexibility index (Phi) is 6.19. The molecule has 0 unspecified atom stereocenters. The van der Waals surface area contributed by atoms with Crippen molar-refractivity contribution in [2.24, 2.45) is 0 Å². The number of piperazine rings is 1. The molecule has 0 saturated carbocycles. The molecule has 11 heteroatoms. The van der Waals surface area contributed by atoms with Crippen LogP contribution in [0.3, 0.4) is 0 Å². The van der Waals surface area contributed by atoms with E-state index in [2.05, 4.69) is 0 Å². The highest BCUT2D eigenvalue weighted by molar-refractivity contribution is 8.13. The lowest BCUT2D eigenvalue weighted by atomic mass is 10.1. The van der Waals surface area contributed by atoms with Gasteiger partial charge in [-0.3, -0.25) is 4.79 Å². The molecule has 0 bridgehead atoms. The highest BCUT2D eigenvalue weighted by Crippen LogP contribution is 2.39. The molecule has 0 aromatic heterocycles. The predicted octanol–water partition coefficient (Wildman–Crippen LogP) is 4.12. The highest BCUT2D eigenvalue weighted by atomic mass is 35.7. The van der Waals surface area contributed by atoms with Gasteiger partial charge < -0.3 is 14.9 Å². The Morgan fingerprint density at radius 3 is 2.45 bits per heavy atom. The lowest BCUT2D eigenvalue weighted by Crippen LogP contribution is -2.53. The summed E-state index contributed by atoms with van der Waals surface area (Å²) in [6, 6.07) is 5.60. The molecule has 2 aromatic carbocycles. The summed E-state index contributed by atoms with van der Waals surface area (Å²) in [4.78, 5) is 15.8. The first kappa shape index (κ1) is 22.0. The average Bonchev–Trinajstić information content (AvgIpc) is 2.62. The van der Waals surface area contributed by atoms with Crippen molar-refractivity contribution in [1.82, 2.24) is 4.90 Å². The Hall–Kier alpha value is -1.74. The zero-order chi connectivity index (χ0) is 21.5. The number of anilines is 1. The molecule has 1 amide bonds. The molecule has 3 rings (SSSR count). The lowest BCUT2D eigenvalue weighted by Gasteiger charge is -2.41. The summed E-state index contributed by atoms with van der Waals surface area (Å²) < 4.78 is 36.6. The molecule has 1 fully saturated rings. The van der Waals surface area contributed by atoms with Crippen molar-refractivity contribution in [3.05, 3.63) is 51.8 Å². The van der Waals surface area contributed by atoms with E-state index >= 15 is 0 Å². The number of phenols is 1. The van der Waals surface area contributed by atoms with Gasteiger partial charge in [0.05, 0.1) is 26.2 Å². The number of hydrogen-bond donors (Lipinski definition) is 1. The number of carbonyl (C=O) groups is 1. The van der Waals surface area contributed by atoms with Crippen molar-refractivity contribution in [3.63, 3.8) is 0 Å². The Bertz CT molecular complexity index is 1080. The predicted molar refractivity (Wildman–Crippen MR) is 110 cm³/mol. The number of carbonyl (C=O) groups excluding carboxylic acids is 1. The highest BCUT2D eigenvalue weighted by Gasteiger charge is 2.31. The molecule has 1 heterocycles. The number of halogens is 4. The maximum absolute atomic E-state index is 13.2. The Morgan fingerprint density at radius 2 is 1.86 bits per heavy atom. The topological polar surface area (TPSA) is 77.9 Å². The van der Waals surface area contributed by atoms with E-state index in [0.717, 1.165) is 18.2 Å². The minimum Gasteiger partial charge on any atom is -0.504 e. The molecule has 156 valence electrons. The zero-order valence-electron chi connectivity index (χ0n) is 15.1. The molecule has 1 N–H and O–H groups in total. The first-order chi connectivity index (χ1) is 13.5. The van der Waals surface area contributed by atoms with E-state index in [4.69, 9.17) is 33.9 Å². The SMILES string of the molecule is C[C@H]1CN(C(=O)c2ccc(F)cc2Cl)CCN1c1cc(S(=O)(=O)Cl)cc(Cl)c1O. The Labute approximate surface area is 181 Å². The number of hydrogen-bond acceptors (Lipinski definition) is 5. The summed E-state index contributed by atoms with van der Waals surface area (Å²) in [5.74, 6) is -1.16. The molecule has 2 aromatic rings. The fraction of sp³-hybridized carbons (Fsp3) is 0.278. The second kappa shape index (κ2) is 8.18. The standard InChI is InChI=1S/C18H16Cl3FN2O4S/c1-10-9-23(18(26)13-3-2-11(22)6-14(13)19)4-5-24(10)16-8-12(29(21,27)28)7-15(20)17(16)25/h2-3,6-8,10,25H,4-5,9H2,1H3/t10-/m0/s1. The molecule has 6 nitrogen and oxygen atoms in total. The van der Waals surface area contributed by atoms with Gasteiger partial charge in [-0.25, -0.2) is 12.8 Å². The summed E-state index contributed by atoms with van der Waals surface area (Å²) in [5.41, 5.74) is 0.394. The fourth-order valence-corrected chi connectivity index (χ4v) is 4.56. The van der Waals surface area contributed by atoms with E-state index < -0.39 is 14.9 Å². The Balaban J connectivity index is 1.85. The van der Waals surface area contributed by atoms with Gasteiger partial charge in [-0.2, -0.15) is 0 Å². The molecule has 29 heavy (non-hydrogen) atoms. The second-order valence-electron chi connectivity index (χ2n) is 6.63. The number of phenolic OH excluding ortho intramolecular Hbond substituents is 1. The molecule has 0 aliphatic carbocycles. The van der Waals surface area contributed by atoms with Gasteiger partial charge in [0.15, 0.2) is 5.75 Å². The van der Waals surface area contributed by atoms with E-state index in [9.17, 15) is 22.7 Å². The van der Waals surface area contributed by atoms with Crippen LogP contribution in [0.4, 0.5) is 10.1 Å². The van der Waals surface area contributed by atoms with Crippen LogP contribution < -0.4 is 4.90 Å². The summed E-state index contributed by atoms with van der Waals surface area (Å²) in [5, 5.41) is 10.2. The first-order valence-electron chi connectivity index (χ1n) is 8.47. The van der Waals surface area contributed by atoms with Crippen LogP contribution in [0.15, 0.2) is 35.2 Å². The van der Waals surface area contributed by atoms with Gasteiger partial charge in [0, 0.05) is 36.4 Å². The van der Waals surface area contributed by atoms with Crippen molar-refractivity contribution in [1.29, 1.82) is 0 Å². The van der Waals surface area contributed by atoms with E-state index in [0.29, 0.717) is 6.54 Å². The van der Waals surface area contributed by atoms with Crippen molar-refractivity contribution in [2.45, 2.75) is 17.9 Å². The minimum absolute atomic E-state index is 0.0227. The number of aromatic hydroxyl groups is 1. The van der Waals surface area contributed by atoms with Crippen LogP contribution in [0.2, 0.25) is 10.0 Å². The third-order valence-electron chi connectivity index (χ3n) is 4.68. The fourth-order valence-electron chi connectivity index (χ4n) is 3.25. The maximum Gasteiger partial charge on any atom is 0.261 e. The summed E-state index contributed by atoms with van der Waals surface area (Å²) >= 11 is 12.0. The van der Waals surface area contributed by atoms with E-state index in [1.165, 1.54) is 12.1 Å². The number of amides is 1. The largest absolute Gasteiger partial charge is 0.504 e. The van der Waals surface area contributed by atoms with Gasteiger partial charge in [-0.05, 0) is 37.3 Å². The molecule has 0 spiro atoms. The molecule has 0 radical (unpaired) electrons. The molecule has 1 aliphatic rings. The van der Waals surface area contributed by atoms with Gasteiger partial charge >= 0.3 is 0 Å². The summed E-state index contributed by atoms with van der Waals surface area (Å²) in [6.45, 7) is 2.63. The molecule has 1 saturated heterocycles. The third kappa shape index (κ3) is 4.55. The lowest BCUT2D eigenvalue weighted by molar-refractivity contribution is 0.0726. The monoisotopic (exact) mass is 480 g/mol. The van der Waals surface area contributed by atoms with Gasteiger partial charge in [0.2, 0.25) is 0 Å². The van der Waals surface area contributed by atoms with Gasteiger partial charge in [-0.1, -0.05) is 23.2 Å². The quantitative estimate of drug-likeness (QED) is 0.668. The zero-order valence-corrected chi connectivity index (χ0v) is 18.2. The molecule has 1 aliphatic heterocycles. The Morgan fingerprint density at radius 1 is 1.17 bits per heavy atom. The van der Waals surface area contributed by atoms with Crippen molar-refractivity contribution >= 4 is 54.5 Å². The van der Waals surface area contributed by atoms with Crippen molar-refractivity contribution < 1.29 is 22.7 Å². The number of rotatable bonds is 3. The molecular formula is C18H16Cl3FN2O4S. The number of nitrogens with zero attached hydrogens (tertiary/aromatic N) is 2. The normalized spacial score (nSPS) is 17.5. The minimum atomic E-state index is -4.05.